The standard InChI is InChI=1S/C28H37N3O5/c1-5-10-26(33)35-20-23(32)18-31(15-16-34-4)19-25-27(22-12-7-6-8-13-22)29-30(3)28(25)36-24-14-9-11-21(2)17-24/h6-9,11-14,17,23,32H,5,10,15-16,18-20H2,1-4H3/t23-/m1/s1. The number of benzene rings is 2. The lowest BCUT2D eigenvalue weighted by Crippen LogP contribution is -2.37. The molecule has 3 aromatic rings. The van der Waals surface area contributed by atoms with Gasteiger partial charge in [0.15, 0.2) is 0 Å². The van der Waals surface area contributed by atoms with Gasteiger partial charge < -0.3 is 19.3 Å². The van der Waals surface area contributed by atoms with Crippen LogP contribution in [0.5, 0.6) is 11.6 Å². The lowest BCUT2D eigenvalue weighted by Gasteiger charge is -2.25. The summed E-state index contributed by atoms with van der Waals surface area (Å²) in [4.78, 5) is 13.8. The Bertz CT molecular complexity index is 1100. The van der Waals surface area contributed by atoms with Gasteiger partial charge in [0.1, 0.15) is 24.2 Å². The van der Waals surface area contributed by atoms with E-state index in [4.69, 9.17) is 19.3 Å². The predicted molar refractivity (Wildman–Crippen MR) is 139 cm³/mol. The van der Waals surface area contributed by atoms with Crippen LogP contribution >= 0.6 is 0 Å². The van der Waals surface area contributed by atoms with E-state index in [2.05, 4.69) is 4.90 Å². The third kappa shape index (κ3) is 7.91. The molecule has 0 spiro atoms. The Morgan fingerprint density at radius 1 is 1.17 bits per heavy atom. The van der Waals surface area contributed by atoms with Gasteiger partial charge in [-0.05, 0) is 31.0 Å². The highest BCUT2D eigenvalue weighted by Crippen LogP contribution is 2.34. The Hall–Kier alpha value is -3.20. The minimum atomic E-state index is -0.833. The number of carbonyl (C=O) groups excluding carboxylic acids is 1. The Labute approximate surface area is 213 Å². The van der Waals surface area contributed by atoms with Crippen molar-refractivity contribution in [3.8, 4) is 22.9 Å². The fourth-order valence-corrected chi connectivity index (χ4v) is 3.94. The number of methoxy groups -OCH3 is 1. The first-order valence-electron chi connectivity index (χ1n) is 12.3. The first-order chi connectivity index (χ1) is 17.4. The van der Waals surface area contributed by atoms with Gasteiger partial charge in [0.05, 0.1) is 12.2 Å². The highest BCUT2D eigenvalue weighted by Gasteiger charge is 2.24. The van der Waals surface area contributed by atoms with Crippen molar-refractivity contribution in [2.75, 3.05) is 33.4 Å². The van der Waals surface area contributed by atoms with Crippen LogP contribution in [-0.4, -0.2) is 65.3 Å². The lowest BCUT2D eigenvalue weighted by atomic mass is 10.1. The molecule has 194 valence electrons. The van der Waals surface area contributed by atoms with Crippen molar-refractivity contribution in [2.24, 2.45) is 7.05 Å². The van der Waals surface area contributed by atoms with Crippen LogP contribution in [0, 0.1) is 6.92 Å². The van der Waals surface area contributed by atoms with Gasteiger partial charge >= 0.3 is 5.97 Å². The molecule has 0 aliphatic rings. The number of carbonyl (C=O) groups is 1. The van der Waals surface area contributed by atoms with Crippen LogP contribution in [0.1, 0.15) is 30.9 Å². The summed E-state index contributed by atoms with van der Waals surface area (Å²) in [6, 6.07) is 17.8. The molecule has 0 fully saturated rings. The monoisotopic (exact) mass is 495 g/mol. The van der Waals surface area contributed by atoms with E-state index in [0.29, 0.717) is 45.0 Å². The summed E-state index contributed by atoms with van der Waals surface area (Å²) in [7, 11) is 3.51. The quantitative estimate of drug-likeness (QED) is 0.333. The molecule has 3 rings (SSSR count). The number of aromatic nitrogens is 2. The van der Waals surface area contributed by atoms with Crippen molar-refractivity contribution in [1.82, 2.24) is 14.7 Å². The van der Waals surface area contributed by atoms with E-state index in [9.17, 15) is 9.90 Å². The molecule has 1 aromatic heterocycles. The molecule has 0 amide bonds. The average Bonchev–Trinajstić information content (AvgIpc) is 3.16. The lowest BCUT2D eigenvalue weighted by molar-refractivity contribution is -0.147. The van der Waals surface area contributed by atoms with Crippen LogP contribution < -0.4 is 4.74 Å². The maximum absolute atomic E-state index is 11.7. The molecule has 0 radical (unpaired) electrons. The topological polar surface area (TPSA) is 86.0 Å². The first kappa shape index (κ1) is 27.4. The zero-order chi connectivity index (χ0) is 25.9. The Morgan fingerprint density at radius 2 is 1.94 bits per heavy atom. The van der Waals surface area contributed by atoms with E-state index in [0.717, 1.165) is 28.1 Å². The zero-order valence-corrected chi connectivity index (χ0v) is 21.6. The molecule has 8 heteroatoms. The largest absolute Gasteiger partial charge is 0.463 e. The number of aliphatic hydroxyl groups excluding tert-OH is 1. The maximum Gasteiger partial charge on any atom is 0.305 e. The Morgan fingerprint density at radius 3 is 2.64 bits per heavy atom. The third-order valence-electron chi connectivity index (χ3n) is 5.69. The van der Waals surface area contributed by atoms with Crippen molar-refractivity contribution in [2.45, 2.75) is 39.3 Å². The summed E-state index contributed by atoms with van der Waals surface area (Å²) in [6.45, 7) is 5.71. The van der Waals surface area contributed by atoms with Gasteiger partial charge in [0.25, 0.3) is 0 Å². The molecular formula is C28H37N3O5. The van der Waals surface area contributed by atoms with E-state index >= 15 is 0 Å². The van der Waals surface area contributed by atoms with Crippen LogP contribution in [0.15, 0.2) is 54.6 Å². The highest BCUT2D eigenvalue weighted by atomic mass is 16.5. The van der Waals surface area contributed by atoms with Crippen LogP contribution in [0.3, 0.4) is 0 Å². The first-order valence-corrected chi connectivity index (χ1v) is 12.3. The van der Waals surface area contributed by atoms with E-state index in [1.807, 2.05) is 75.5 Å². The number of hydrogen-bond donors (Lipinski definition) is 1. The normalized spacial score (nSPS) is 12.1. The van der Waals surface area contributed by atoms with Crippen molar-refractivity contribution in [1.29, 1.82) is 0 Å². The molecule has 1 N–H and O–H groups in total. The van der Waals surface area contributed by atoms with Crippen molar-refractivity contribution >= 4 is 5.97 Å². The van der Waals surface area contributed by atoms with Gasteiger partial charge in [0.2, 0.25) is 5.88 Å². The van der Waals surface area contributed by atoms with Crippen LogP contribution in [0.4, 0.5) is 0 Å². The molecule has 0 saturated heterocycles. The summed E-state index contributed by atoms with van der Waals surface area (Å²) in [5, 5.41) is 15.4. The van der Waals surface area contributed by atoms with Gasteiger partial charge in [0, 0.05) is 45.8 Å². The zero-order valence-electron chi connectivity index (χ0n) is 21.6. The van der Waals surface area contributed by atoms with E-state index < -0.39 is 6.10 Å². The highest BCUT2D eigenvalue weighted by molar-refractivity contribution is 5.69. The summed E-state index contributed by atoms with van der Waals surface area (Å²) in [5.41, 5.74) is 3.79. The van der Waals surface area contributed by atoms with E-state index in [1.165, 1.54) is 0 Å². The van der Waals surface area contributed by atoms with Gasteiger partial charge in [-0.15, -0.1) is 0 Å². The Balaban J connectivity index is 1.89. The molecule has 2 aromatic carbocycles. The maximum atomic E-state index is 11.7. The molecule has 0 aliphatic carbocycles. The number of aryl methyl sites for hydroxylation is 2. The number of ether oxygens (including phenoxy) is 3. The van der Waals surface area contributed by atoms with E-state index in [-0.39, 0.29) is 12.6 Å². The molecule has 36 heavy (non-hydrogen) atoms. The van der Waals surface area contributed by atoms with Crippen LogP contribution in [-0.2, 0) is 27.9 Å². The van der Waals surface area contributed by atoms with E-state index in [1.54, 1.807) is 11.8 Å². The second kappa shape index (κ2) is 13.8. The SMILES string of the molecule is CCCC(=O)OC[C@H](O)CN(CCOC)Cc1c(-c2ccccc2)nn(C)c1Oc1cccc(C)c1. The summed E-state index contributed by atoms with van der Waals surface area (Å²) >= 11 is 0. The molecule has 0 aliphatic heterocycles. The molecular weight excluding hydrogens is 458 g/mol. The van der Waals surface area contributed by atoms with Gasteiger partial charge in [-0.25, -0.2) is 4.68 Å². The second-order valence-corrected chi connectivity index (χ2v) is 8.86. The second-order valence-electron chi connectivity index (χ2n) is 8.86. The summed E-state index contributed by atoms with van der Waals surface area (Å²) in [5.74, 6) is 1.06. The number of esters is 1. The van der Waals surface area contributed by atoms with Crippen LogP contribution in [0.25, 0.3) is 11.3 Å². The van der Waals surface area contributed by atoms with Crippen molar-refractivity contribution in [3.63, 3.8) is 0 Å². The van der Waals surface area contributed by atoms with Crippen molar-refractivity contribution in [3.05, 3.63) is 65.7 Å². The van der Waals surface area contributed by atoms with Gasteiger partial charge in [-0.3, -0.25) is 9.69 Å². The van der Waals surface area contributed by atoms with Crippen molar-refractivity contribution < 1.29 is 24.1 Å². The average molecular weight is 496 g/mol. The summed E-state index contributed by atoms with van der Waals surface area (Å²) < 4.78 is 18.6. The molecule has 8 nitrogen and oxygen atoms in total. The molecule has 0 unspecified atom stereocenters. The molecule has 1 atom stereocenters. The number of hydrogen-bond acceptors (Lipinski definition) is 7. The van der Waals surface area contributed by atoms with Crippen LogP contribution in [0.2, 0.25) is 0 Å². The van der Waals surface area contributed by atoms with Gasteiger partial charge in [-0.2, -0.15) is 5.10 Å². The molecule has 0 saturated carbocycles. The number of rotatable bonds is 14. The fraction of sp³-hybridized carbons (Fsp3) is 0.429. The Kier molecular flexibility index (Phi) is 10.5. The minimum Gasteiger partial charge on any atom is -0.463 e. The minimum absolute atomic E-state index is 0.0481. The molecule has 0 bridgehead atoms. The summed E-state index contributed by atoms with van der Waals surface area (Å²) in [6.07, 6.45) is 0.221. The third-order valence-corrected chi connectivity index (χ3v) is 5.69. The molecule has 1 heterocycles. The smallest absolute Gasteiger partial charge is 0.305 e. The van der Waals surface area contributed by atoms with Gasteiger partial charge in [-0.1, -0.05) is 49.4 Å². The number of nitrogens with zero attached hydrogens (tertiary/aromatic N) is 3. The fourth-order valence-electron chi connectivity index (χ4n) is 3.94. The predicted octanol–water partition coefficient (Wildman–Crippen LogP) is 4.34. The number of aliphatic hydroxyl groups is 1.